The van der Waals surface area contributed by atoms with Gasteiger partial charge in [0.2, 0.25) is 0 Å². The minimum Gasteiger partial charge on any atom is -0.106 e. The second-order valence-electron chi connectivity index (χ2n) is 1.41. The van der Waals surface area contributed by atoms with Crippen LogP contribution in [0, 0.1) is 0 Å². The predicted molar refractivity (Wildman–Crippen MR) is 41.5 cm³/mol. The molecule has 0 N–H and O–H groups in total. The van der Waals surface area contributed by atoms with E-state index < -0.39 is 0 Å². The summed E-state index contributed by atoms with van der Waals surface area (Å²) in [5.74, 6) is 0. The van der Waals surface area contributed by atoms with Crippen molar-refractivity contribution in [3.8, 4) is 0 Å². The number of benzene rings is 1. The summed E-state index contributed by atoms with van der Waals surface area (Å²) in [4.78, 5) is 0. The van der Waals surface area contributed by atoms with Gasteiger partial charge in [-0.2, -0.15) is 0 Å². The zero-order chi connectivity index (χ0) is 5.11. The molecule has 0 nitrogen and oxygen atoms in total. The molecule has 0 bridgehead atoms. The molecule has 1 rings (SSSR count). The summed E-state index contributed by atoms with van der Waals surface area (Å²) in [7, 11) is 2.63. The Morgan fingerprint density at radius 2 is 1.50 bits per heavy atom. The predicted octanol–water partition coefficient (Wildman–Crippen LogP) is 0.806. The van der Waals surface area contributed by atoms with E-state index in [0.29, 0.717) is 0 Å². The average Bonchev–Trinajstić information content (AvgIpc) is 1.69. The Kier molecular flexibility index (Phi) is 4.29. The molecule has 0 saturated heterocycles. The van der Waals surface area contributed by atoms with Crippen LogP contribution in [0.3, 0.4) is 0 Å². The fourth-order valence-corrected chi connectivity index (χ4v) is 0.675. The fourth-order valence-electron chi connectivity index (χ4n) is 0.453. The second-order valence-corrected chi connectivity index (χ2v) is 2.08. The standard InChI is InChI=1S/C6H7P.Li/c7-6-4-2-1-3-5-6;/h1-5H,7H2;. The first-order valence-electron chi connectivity index (χ1n) is 2.20. The van der Waals surface area contributed by atoms with Crippen molar-refractivity contribution >= 4 is 33.4 Å². The molecule has 0 saturated carbocycles. The Bertz CT molecular complexity index is 138. The molecular formula is C6H7LiP. The number of rotatable bonds is 0. The van der Waals surface area contributed by atoms with Gasteiger partial charge in [0.25, 0.3) is 0 Å². The van der Waals surface area contributed by atoms with Crippen molar-refractivity contribution < 1.29 is 0 Å². The van der Waals surface area contributed by atoms with Crippen LogP contribution < -0.4 is 5.30 Å². The normalized spacial score (nSPS) is 7.62. The maximum atomic E-state index is 2.63. The van der Waals surface area contributed by atoms with Crippen LogP contribution in [-0.4, -0.2) is 18.9 Å². The van der Waals surface area contributed by atoms with Crippen LogP contribution in [0.15, 0.2) is 30.3 Å². The quantitative estimate of drug-likeness (QED) is 0.348. The summed E-state index contributed by atoms with van der Waals surface area (Å²) < 4.78 is 0. The Balaban J connectivity index is 0.000000490. The molecule has 1 radical (unpaired) electrons. The summed E-state index contributed by atoms with van der Waals surface area (Å²) in [5, 5.41) is 1.24. The molecule has 2 heteroatoms. The molecule has 1 unspecified atom stereocenters. The van der Waals surface area contributed by atoms with Gasteiger partial charge in [-0.25, -0.2) is 0 Å². The van der Waals surface area contributed by atoms with Crippen LogP contribution in [0.25, 0.3) is 0 Å². The maximum absolute atomic E-state index is 2.63. The van der Waals surface area contributed by atoms with Crippen LogP contribution in [0.2, 0.25) is 0 Å². The van der Waals surface area contributed by atoms with E-state index >= 15 is 0 Å². The largest absolute Gasteiger partial charge is 0.106 e. The summed E-state index contributed by atoms with van der Waals surface area (Å²) in [6.07, 6.45) is 0. The third kappa shape index (κ3) is 2.53. The Morgan fingerprint density at radius 1 is 1.00 bits per heavy atom. The summed E-state index contributed by atoms with van der Waals surface area (Å²) in [5.41, 5.74) is 0. The molecule has 0 aliphatic carbocycles. The Hall–Kier alpha value is 0.247. The van der Waals surface area contributed by atoms with Crippen LogP contribution in [0.1, 0.15) is 0 Å². The zero-order valence-electron chi connectivity index (χ0n) is 4.96. The van der Waals surface area contributed by atoms with Crippen molar-refractivity contribution in [3.05, 3.63) is 30.3 Å². The van der Waals surface area contributed by atoms with Gasteiger partial charge >= 0.3 is 0 Å². The minimum absolute atomic E-state index is 0. The van der Waals surface area contributed by atoms with E-state index in [1.807, 2.05) is 30.3 Å². The molecule has 1 aromatic carbocycles. The molecule has 0 aliphatic heterocycles. The first-order valence-corrected chi connectivity index (χ1v) is 2.78. The van der Waals surface area contributed by atoms with Crippen molar-refractivity contribution in [3.63, 3.8) is 0 Å². The molecule has 0 aliphatic rings. The monoisotopic (exact) mass is 117 g/mol. The minimum atomic E-state index is 0. The summed E-state index contributed by atoms with van der Waals surface area (Å²) >= 11 is 0. The summed E-state index contributed by atoms with van der Waals surface area (Å²) in [6, 6.07) is 10.1. The molecule has 1 atom stereocenters. The number of hydrogen-bond acceptors (Lipinski definition) is 0. The van der Waals surface area contributed by atoms with Crippen molar-refractivity contribution in [1.29, 1.82) is 0 Å². The van der Waals surface area contributed by atoms with Gasteiger partial charge in [-0.15, -0.1) is 9.24 Å². The molecule has 0 amide bonds. The van der Waals surface area contributed by atoms with Gasteiger partial charge in [-0.1, -0.05) is 30.3 Å². The van der Waals surface area contributed by atoms with E-state index in [-0.39, 0.29) is 18.9 Å². The van der Waals surface area contributed by atoms with Crippen LogP contribution in [0.4, 0.5) is 0 Å². The summed E-state index contributed by atoms with van der Waals surface area (Å²) in [6.45, 7) is 0. The van der Waals surface area contributed by atoms with Gasteiger partial charge < -0.3 is 0 Å². The van der Waals surface area contributed by atoms with Crippen molar-refractivity contribution in [2.75, 3.05) is 0 Å². The van der Waals surface area contributed by atoms with E-state index in [0.717, 1.165) is 0 Å². The van der Waals surface area contributed by atoms with E-state index in [1.165, 1.54) is 5.30 Å². The Labute approximate surface area is 64.1 Å². The van der Waals surface area contributed by atoms with Gasteiger partial charge in [0, 0.05) is 18.9 Å². The smallest absolute Gasteiger partial charge is 0 e. The van der Waals surface area contributed by atoms with Crippen molar-refractivity contribution in [2.45, 2.75) is 0 Å². The average molecular weight is 117 g/mol. The molecule has 0 aromatic heterocycles. The topological polar surface area (TPSA) is 0 Å². The van der Waals surface area contributed by atoms with Crippen LogP contribution in [0.5, 0.6) is 0 Å². The number of hydrogen-bond donors (Lipinski definition) is 0. The van der Waals surface area contributed by atoms with Crippen LogP contribution in [-0.2, 0) is 0 Å². The van der Waals surface area contributed by atoms with Gasteiger partial charge in [0.1, 0.15) is 0 Å². The van der Waals surface area contributed by atoms with Gasteiger partial charge in [0.15, 0.2) is 0 Å². The molecule has 8 heavy (non-hydrogen) atoms. The molecule has 1 aromatic rings. The zero-order valence-corrected chi connectivity index (χ0v) is 6.12. The molecule has 0 heterocycles. The SMILES string of the molecule is Pc1ccccc1.[Li]. The molecule has 0 fully saturated rings. The van der Waals surface area contributed by atoms with Gasteiger partial charge in [0.05, 0.1) is 0 Å². The third-order valence-corrected chi connectivity index (χ3v) is 1.18. The molecule has 37 valence electrons. The third-order valence-electron chi connectivity index (χ3n) is 0.800. The Morgan fingerprint density at radius 3 is 1.75 bits per heavy atom. The second kappa shape index (κ2) is 4.16. The van der Waals surface area contributed by atoms with E-state index in [2.05, 4.69) is 9.24 Å². The first-order chi connectivity index (χ1) is 3.39. The molecular weight excluding hydrogens is 110 g/mol. The van der Waals surface area contributed by atoms with E-state index in [4.69, 9.17) is 0 Å². The van der Waals surface area contributed by atoms with Crippen LogP contribution >= 0.6 is 9.24 Å². The van der Waals surface area contributed by atoms with Crippen molar-refractivity contribution in [2.24, 2.45) is 0 Å². The van der Waals surface area contributed by atoms with Gasteiger partial charge in [-0.3, -0.25) is 0 Å². The first kappa shape index (κ1) is 8.25. The molecule has 0 spiro atoms. The van der Waals surface area contributed by atoms with Crippen molar-refractivity contribution in [1.82, 2.24) is 0 Å². The maximum Gasteiger partial charge on any atom is 0 e. The van der Waals surface area contributed by atoms with E-state index in [1.54, 1.807) is 0 Å². The van der Waals surface area contributed by atoms with Gasteiger partial charge in [-0.05, 0) is 5.30 Å². The fraction of sp³-hybridized carbons (Fsp3) is 0. The van der Waals surface area contributed by atoms with E-state index in [9.17, 15) is 0 Å².